The van der Waals surface area contributed by atoms with Gasteiger partial charge in [0.15, 0.2) is 0 Å². The van der Waals surface area contributed by atoms with Crippen LogP contribution in [-0.4, -0.2) is 35.9 Å². The molecule has 2 amide bonds. The second kappa shape index (κ2) is 6.63. The number of carboxylic acid groups (broad SMARTS) is 1. The highest BCUT2D eigenvalue weighted by molar-refractivity contribution is 5.75. The second-order valence-electron chi connectivity index (χ2n) is 4.63. The van der Waals surface area contributed by atoms with Crippen LogP contribution in [0.5, 0.6) is 0 Å². The predicted octanol–water partition coefficient (Wildman–Crippen LogP) is 1.88. The molecule has 0 heterocycles. The first-order chi connectivity index (χ1) is 8.79. The van der Waals surface area contributed by atoms with E-state index in [4.69, 9.17) is 5.11 Å². The average molecular weight is 282 g/mol. The predicted molar refractivity (Wildman–Crippen MR) is 60.6 cm³/mol. The number of carbonyl (C=O) groups is 2. The fourth-order valence-electron chi connectivity index (χ4n) is 2.08. The molecule has 1 aliphatic rings. The maximum atomic E-state index is 12.4. The van der Waals surface area contributed by atoms with Crippen molar-refractivity contribution in [2.45, 2.75) is 44.3 Å². The number of amides is 2. The van der Waals surface area contributed by atoms with E-state index in [1.54, 1.807) is 0 Å². The SMILES string of the molecule is O=C(O)CCNC(=O)NC1CCC(C(F)(F)F)CC1. The Kier molecular flexibility index (Phi) is 5.44. The summed E-state index contributed by atoms with van der Waals surface area (Å²) in [7, 11) is 0. The highest BCUT2D eigenvalue weighted by atomic mass is 19.4. The molecule has 1 rings (SSSR count). The van der Waals surface area contributed by atoms with Gasteiger partial charge in [0.2, 0.25) is 0 Å². The summed E-state index contributed by atoms with van der Waals surface area (Å²) in [5.74, 6) is -2.30. The van der Waals surface area contributed by atoms with Gasteiger partial charge < -0.3 is 15.7 Å². The molecule has 8 heteroatoms. The average Bonchev–Trinajstić information content (AvgIpc) is 2.27. The Morgan fingerprint density at radius 1 is 1.16 bits per heavy atom. The molecule has 0 aromatic heterocycles. The van der Waals surface area contributed by atoms with Crippen LogP contribution >= 0.6 is 0 Å². The number of aliphatic carboxylic acids is 1. The molecule has 19 heavy (non-hydrogen) atoms. The zero-order valence-electron chi connectivity index (χ0n) is 10.3. The van der Waals surface area contributed by atoms with Crippen LogP contribution in [0.4, 0.5) is 18.0 Å². The summed E-state index contributed by atoms with van der Waals surface area (Å²) >= 11 is 0. The van der Waals surface area contributed by atoms with Crippen molar-refractivity contribution in [3.05, 3.63) is 0 Å². The normalized spacial score (nSPS) is 23.7. The van der Waals surface area contributed by atoms with Crippen LogP contribution in [0.3, 0.4) is 0 Å². The van der Waals surface area contributed by atoms with Crippen LogP contribution in [0.1, 0.15) is 32.1 Å². The van der Waals surface area contributed by atoms with Crippen molar-refractivity contribution in [1.82, 2.24) is 10.6 Å². The third-order valence-corrected chi connectivity index (χ3v) is 3.15. The van der Waals surface area contributed by atoms with E-state index in [0.717, 1.165) is 0 Å². The second-order valence-corrected chi connectivity index (χ2v) is 4.63. The molecule has 5 nitrogen and oxygen atoms in total. The standard InChI is InChI=1S/C11H17F3N2O3/c12-11(13,14)7-1-3-8(4-2-7)16-10(19)15-6-5-9(17)18/h7-8H,1-6H2,(H,17,18)(H2,15,16,19). The minimum absolute atomic E-state index is 0.000930. The summed E-state index contributed by atoms with van der Waals surface area (Å²) in [5.41, 5.74) is 0. The van der Waals surface area contributed by atoms with Gasteiger partial charge >= 0.3 is 18.2 Å². The Balaban J connectivity index is 2.22. The van der Waals surface area contributed by atoms with E-state index in [9.17, 15) is 22.8 Å². The molecule has 0 radical (unpaired) electrons. The van der Waals surface area contributed by atoms with E-state index in [1.165, 1.54) is 0 Å². The van der Waals surface area contributed by atoms with Gasteiger partial charge in [-0.05, 0) is 25.7 Å². The quantitative estimate of drug-likeness (QED) is 0.736. The lowest BCUT2D eigenvalue weighted by molar-refractivity contribution is -0.182. The molecule has 1 saturated carbocycles. The smallest absolute Gasteiger partial charge is 0.391 e. The molecule has 0 unspecified atom stereocenters. The third-order valence-electron chi connectivity index (χ3n) is 3.15. The van der Waals surface area contributed by atoms with E-state index in [1.807, 2.05) is 0 Å². The molecule has 0 bridgehead atoms. The van der Waals surface area contributed by atoms with Crippen molar-refractivity contribution in [1.29, 1.82) is 0 Å². The van der Waals surface area contributed by atoms with Crippen molar-refractivity contribution in [3.63, 3.8) is 0 Å². The summed E-state index contributed by atoms with van der Waals surface area (Å²) < 4.78 is 37.3. The Labute approximate surface area is 108 Å². The van der Waals surface area contributed by atoms with Crippen molar-refractivity contribution in [2.75, 3.05) is 6.54 Å². The highest BCUT2D eigenvalue weighted by Gasteiger charge is 2.41. The Hall–Kier alpha value is -1.47. The molecule has 0 aliphatic heterocycles. The number of rotatable bonds is 4. The summed E-state index contributed by atoms with van der Waals surface area (Å²) in [6.45, 7) is -0.000930. The van der Waals surface area contributed by atoms with E-state index >= 15 is 0 Å². The number of carbonyl (C=O) groups excluding carboxylic acids is 1. The first-order valence-corrected chi connectivity index (χ1v) is 6.12. The molecule has 0 aromatic carbocycles. The van der Waals surface area contributed by atoms with E-state index in [2.05, 4.69) is 10.6 Å². The summed E-state index contributed by atoms with van der Waals surface area (Å²) in [5, 5.41) is 13.3. The van der Waals surface area contributed by atoms with Gasteiger partial charge in [-0.2, -0.15) is 13.2 Å². The van der Waals surface area contributed by atoms with Crippen LogP contribution in [0, 0.1) is 5.92 Å². The monoisotopic (exact) mass is 282 g/mol. The maximum absolute atomic E-state index is 12.4. The number of nitrogens with one attached hydrogen (secondary N) is 2. The first-order valence-electron chi connectivity index (χ1n) is 6.12. The molecular formula is C11H17F3N2O3. The molecular weight excluding hydrogens is 265 g/mol. The number of hydrogen-bond donors (Lipinski definition) is 3. The molecule has 1 fully saturated rings. The van der Waals surface area contributed by atoms with Crippen LogP contribution in [0.15, 0.2) is 0 Å². The van der Waals surface area contributed by atoms with Crippen LogP contribution in [-0.2, 0) is 4.79 Å². The zero-order chi connectivity index (χ0) is 14.5. The Bertz CT molecular complexity index is 326. The van der Waals surface area contributed by atoms with Gasteiger partial charge in [0.25, 0.3) is 0 Å². The van der Waals surface area contributed by atoms with Gasteiger partial charge in [0.1, 0.15) is 0 Å². The topological polar surface area (TPSA) is 78.4 Å². The molecule has 1 aliphatic carbocycles. The fraction of sp³-hybridized carbons (Fsp3) is 0.818. The maximum Gasteiger partial charge on any atom is 0.391 e. The Morgan fingerprint density at radius 3 is 2.21 bits per heavy atom. The summed E-state index contributed by atoms with van der Waals surface area (Å²) in [6, 6.07) is -0.805. The summed E-state index contributed by atoms with van der Waals surface area (Å²) in [4.78, 5) is 21.6. The van der Waals surface area contributed by atoms with Crippen molar-refractivity contribution in [2.24, 2.45) is 5.92 Å². The molecule has 0 atom stereocenters. The van der Waals surface area contributed by atoms with E-state index < -0.39 is 24.1 Å². The number of urea groups is 1. The van der Waals surface area contributed by atoms with Crippen molar-refractivity contribution < 1.29 is 27.9 Å². The lowest BCUT2D eigenvalue weighted by Gasteiger charge is -2.30. The lowest BCUT2D eigenvalue weighted by Crippen LogP contribution is -2.45. The van der Waals surface area contributed by atoms with E-state index in [-0.39, 0.29) is 44.7 Å². The molecule has 0 spiro atoms. The van der Waals surface area contributed by atoms with Crippen molar-refractivity contribution >= 4 is 12.0 Å². The van der Waals surface area contributed by atoms with Gasteiger partial charge in [-0.15, -0.1) is 0 Å². The number of carboxylic acids is 1. The third kappa shape index (κ3) is 5.80. The molecule has 0 aromatic rings. The van der Waals surface area contributed by atoms with Gasteiger partial charge in [0, 0.05) is 12.6 Å². The number of alkyl halides is 3. The minimum Gasteiger partial charge on any atom is -0.481 e. The zero-order valence-corrected chi connectivity index (χ0v) is 10.3. The van der Waals surface area contributed by atoms with Gasteiger partial charge in [-0.3, -0.25) is 4.79 Å². The first kappa shape index (κ1) is 15.6. The van der Waals surface area contributed by atoms with Crippen LogP contribution in [0.25, 0.3) is 0 Å². The van der Waals surface area contributed by atoms with Gasteiger partial charge in [0.05, 0.1) is 12.3 Å². The van der Waals surface area contributed by atoms with Gasteiger partial charge in [-0.25, -0.2) is 4.79 Å². The Morgan fingerprint density at radius 2 is 1.74 bits per heavy atom. The number of halogens is 3. The van der Waals surface area contributed by atoms with Crippen LogP contribution < -0.4 is 10.6 Å². The highest BCUT2D eigenvalue weighted by Crippen LogP contribution is 2.37. The largest absolute Gasteiger partial charge is 0.481 e. The van der Waals surface area contributed by atoms with Crippen LogP contribution in [0.2, 0.25) is 0 Å². The van der Waals surface area contributed by atoms with Crippen molar-refractivity contribution in [3.8, 4) is 0 Å². The number of hydrogen-bond acceptors (Lipinski definition) is 2. The molecule has 0 saturated heterocycles. The lowest BCUT2D eigenvalue weighted by atomic mass is 9.86. The molecule has 3 N–H and O–H groups in total. The molecule has 110 valence electrons. The summed E-state index contributed by atoms with van der Waals surface area (Å²) in [6.07, 6.45) is -3.73. The fourth-order valence-corrected chi connectivity index (χ4v) is 2.08. The van der Waals surface area contributed by atoms with Gasteiger partial charge in [-0.1, -0.05) is 0 Å². The van der Waals surface area contributed by atoms with E-state index in [0.29, 0.717) is 0 Å². The minimum atomic E-state index is -4.16.